The van der Waals surface area contributed by atoms with Crippen LogP contribution in [0.15, 0.2) is 18.2 Å². The molecule has 0 heterocycles. The summed E-state index contributed by atoms with van der Waals surface area (Å²) in [6.07, 6.45) is 2.20. The van der Waals surface area contributed by atoms with Crippen LogP contribution in [0.2, 0.25) is 0 Å². The Bertz CT molecular complexity index is 483. The number of anilines is 1. The van der Waals surface area contributed by atoms with Crippen LogP contribution in [-0.4, -0.2) is 23.5 Å². The van der Waals surface area contributed by atoms with Gasteiger partial charge in [0, 0.05) is 18.7 Å². The van der Waals surface area contributed by atoms with Crippen LogP contribution in [-0.2, 0) is 9.59 Å². The molecule has 110 valence electrons. The van der Waals surface area contributed by atoms with Crippen molar-refractivity contribution in [1.29, 1.82) is 0 Å². The summed E-state index contributed by atoms with van der Waals surface area (Å²) in [5.41, 5.74) is 2.95. The number of benzene rings is 1. The summed E-state index contributed by atoms with van der Waals surface area (Å²) >= 11 is 0. The van der Waals surface area contributed by atoms with E-state index in [0.29, 0.717) is 6.42 Å². The normalized spacial score (nSPS) is 10.3. The Hall–Kier alpha value is -1.84. The molecule has 0 aliphatic heterocycles. The second-order valence-corrected chi connectivity index (χ2v) is 5.08. The zero-order valence-electron chi connectivity index (χ0n) is 12.5. The first-order chi connectivity index (χ1) is 9.45. The number of carboxylic acids is 1. The first-order valence-electron chi connectivity index (χ1n) is 7.05. The Balaban J connectivity index is 2.96. The molecule has 1 aromatic rings. The predicted molar refractivity (Wildman–Crippen MR) is 80.0 cm³/mol. The predicted octanol–water partition coefficient (Wildman–Crippen LogP) is 3.30. The fourth-order valence-corrected chi connectivity index (χ4v) is 2.16. The second-order valence-electron chi connectivity index (χ2n) is 5.08. The molecule has 1 N–H and O–H groups in total. The summed E-state index contributed by atoms with van der Waals surface area (Å²) in [5, 5.41) is 8.84. The molecule has 1 rings (SSSR count). The van der Waals surface area contributed by atoms with Crippen LogP contribution in [0.5, 0.6) is 0 Å². The summed E-state index contributed by atoms with van der Waals surface area (Å²) in [7, 11) is 0. The van der Waals surface area contributed by atoms with E-state index in [1.54, 1.807) is 4.90 Å². The molecule has 0 aromatic heterocycles. The van der Waals surface area contributed by atoms with Crippen LogP contribution in [0.25, 0.3) is 0 Å². The van der Waals surface area contributed by atoms with Gasteiger partial charge in [-0.1, -0.05) is 31.0 Å². The van der Waals surface area contributed by atoms with Crippen molar-refractivity contribution in [1.82, 2.24) is 0 Å². The topological polar surface area (TPSA) is 57.6 Å². The van der Waals surface area contributed by atoms with Gasteiger partial charge in [0.2, 0.25) is 5.91 Å². The molecule has 4 nitrogen and oxygen atoms in total. The highest BCUT2D eigenvalue weighted by Crippen LogP contribution is 2.22. The third-order valence-corrected chi connectivity index (χ3v) is 3.24. The fourth-order valence-electron chi connectivity index (χ4n) is 2.16. The van der Waals surface area contributed by atoms with Gasteiger partial charge in [-0.2, -0.15) is 0 Å². The van der Waals surface area contributed by atoms with Crippen molar-refractivity contribution in [3.8, 4) is 0 Å². The number of hydrogen-bond acceptors (Lipinski definition) is 2. The molecule has 0 saturated carbocycles. The zero-order valence-corrected chi connectivity index (χ0v) is 12.5. The van der Waals surface area contributed by atoms with Gasteiger partial charge in [0.15, 0.2) is 0 Å². The number of carboxylic acid groups (broad SMARTS) is 1. The Morgan fingerprint density at radius 3 is 2.45 bits per heavy atom. The molecular formula is C16H23NO3. The van der Waals surface area contributed by atoms with Crippen LogP contribution in [0.3, 0.4) is 0 Å². The molecular weight excluding hydrogens is 254 g/mol. The minimum atomic E-state index is -0.886. The number of carbonyl (C=O) groups is 2. The van der Waals surface area contributed by atoms with Crippen LogP contribution >= 0.6 is 0 Å². The highest BCUT2D eigenvalue weighted by atomic mass is 16.4. The maximum Gasteiger partial charge on any atom is 0.305 e. The van der Waals surface area contributed by atoms with E-state index < -0.39 is 5.97 Å². The van der Waals surface area contributed by atoms with Crippen LogP contribution in [0.4, 0.5) is 5.69 Å². The number of hydrogen-bond donors (Lipinski definition) is 1. The molecule has 0 aliphatic carbocycles. The minimum Gasteiger partial charge on any atom is -0.481 e. The van der Waals surface area contributed by atoms with E-state index >= 15 is 0 Å². The lowest BCUT2D eigenvalue weighted by Gasteiger charge is -2.24. The number of unbranched alkanes of at least 4 members (excludes halogenated alkanes) is 1. The first kappa shape index (κ1) is 16.2. The van der Waals surface area contributed by atoms with Crippen molar-refractivity contribution in [2.24, 2.45) is 0 Å². The maximum absolute atomic E-state index is 12.3. The van der Waals surface area contributed by atoms with Gasteiger partial charge >= 0.3 is 5.97 Å². The zero-order chi connectivity index (χ0) is 15.1. The smallest absolute Gasteiger partial charge is 0.305 e. The van der Waals surface area contributed by atoms with E-state index in [0.717, 1.165) is 29.7 Å². The average molecular weight is 277 g/mol. The average Bonchev–Trinajstić information content (AvgIpc) is 2.38. The number of amides is 1. The Labute approximate surface area is 120 Å². The Morgan fingerprint density at radius 1 is 1.20 bits per heavy atom. The van der Waals surface area contributed by atoms with Gasteiger partial charge < -0.3 is 10.0 Å². The quantitative estimate of drug-likeness (QED) is 0.832. The lowest BCUT2D eigenvalue weighted by atomic mass is 10.1. The Morgan fingerprint density at radius 2 is 1.90 bits per heavy atom. The van der Waals surface area contributed by atoms with Crippen LogP contribution in [0.1, 0.15) is 43.7 Å². The Kier molecular flexibility index (Phi) is 6.22. The van der Waals surface area contributed by atoms with Crippen molar-refractivity contribution >= 4 is 17.6 Å². The van der Waals surface area contributed by atoms with E-state index in [1.807, 2.05) is 39.0 Å². The summed E-state index contributed by atoms with van der Waals surface area (Å²) in [5.74, 6) is -0.886. The number of aryl methyl sites for hydroxylation is 2. The summed E-state index contributed by atoms with van der Waals surface area (Å²) in [6.45, 7) is 6.20. The van der Waals surface area contributed by atoms with Gasteiger partial charge in [0.25, 0.3) is 0 Å². The van der Waals surface area contributed by atoms with Crippen LogP contribution in [0, 0.1) is 13.8 Å². The number of carbonyl (C=O) groups excluding carboxylic acids is 1. The molecule has 0 fully saturated rings. The molecule has 0 bridgehead atoms. The fraction of sp³-hybridized carbons (Fsp3) is 0.500. The summed E-state index contributed by atoms with van der Waals surface area (Å²) in [4.78, 5) is 24.7. The van der Waals surface area contributed by atoms with Gasteiger partial charge in [-0.05, 0) is 31.9 Å². The first-order valence-corrected chi connectivity index (χ1v) is 7.05. The van der Waals surface area contributed by atoms with Crippen molar-refractivity contribution in [3.63, 3.8) is 0 Å². The second kappa shape index (κ2) is 7.68. The number of aliphatic carboxylic acids is 1. The van der Waals surface area contributed by atoms with Crippen molar-refractivity contribution in [2.45, 2.75) is 46.5 Å². The molecule has 20 heavy (non-hydrogen) atoms. The lowest BCUT2D eigenvalue weighted by molar-refractivity contribution is -0.136. The van der Waals surface area contributed by atoms with Crippen LogP contribution < -0.4 is 4.90 Å². The minimum absolute atomic E-state index is 0.0000491. The summed E-state index contributed by atoms with van der Waals surface area (Å²) < 4.78 is 0. The molecule has 0 radical (unpaired) electrons. The maximum atomic E-state index is 12.3. The van der Waals surface area contributed by atoms with Gasteiger partial charge in [0.1, 0.15) is 0 Å². The van der Waals surface area contributed by atoms with Crippen molar-refractivity contribution in [3.05, 3.63) is 29.3 Å². The third-order valence-electron chi connectivity index (χ3n) is 3.24. The van der Waals surface area contributed by atoms with Crippen molar-refractivity contribution < 1.29 is 14.7 Å². The van der Waals surface area contributed by atoms with E-state index in [-0.39, 0.29) is 18.9 Å². The van der Waals surface area contributed by atoms with Gasteiger partial charge in [0.05, 0.1) is 6.42 Å². The molecule has 0 aliphatic rings. The summed E-state index contributed by atoms with van der Waals surface area (Å²) in [6, 6.07) is 5.86. The molecule has 0 spiro atoms. The van der Waals surface area contributed by atoms with Gasteiger partial charge in [-0.15, -0.1) is 0 Å². The van der Waals surface area contributed by atoms with Crippen molar-refractivity contribution in [2.75, 3.05) is 11.4 Å². The molecule has 1 amide bonds. The molecule has 1 aromatic carbocycles. The highest BCUT2D eigenvalue weighted by Gasteiger charge is 2.18. The SMILES string of the molecule is CCCCC(=O)N(CCC(=O)O)c1ccc(C)cc1C. The number of rotatable bonds is 7. The van der Waals surface area contributed by atoms with E-state index in [9.17, 15) is 9.59 Å². The highest BCUT2D eigenvalue weighted by molar-refractivity contribution is 5.94. The van der Waals surface area contributed by atoms with E-state index in [2.05, 4.69) is 0 Å². The van der Waals surface area contributed by atoms with E-state index in [1.165, 1.54) is 0 Å². The number of nitrogens with zero attached hydrogens (tertiary/aromatic N) is 1. The molecule has 0 unspecified atom stereocenters. The molecule has 0 saturated heterocycles. The standard InChI is InChI=1S/C16H23NO3/c1-4-5-6-15(18)17(10-9-16(19)20)14-8-7-12(2)11-13(14)3/h7-8,11H,4-6,9-10H2,1-3H3,(H,19,20). The van der Waals surface area contributed by atoms with Gasteiger partial charge in [-0.3, -0.25) is 9.59 Å². The van der Waals surface area contributed by atoms with Gasteiger partial charge in [-0.25, -0.2) is 0 Å². The monoisotopic (exact) mass is 277 g/mol. The van der Waals surface area contributed by atoms with E-state index in [4.69, 9.17) is 5.11 Å². The molecule has 0 atom stereocenters. The molecule has 4 heteroatoms. The largest absolute Gasteiger partial charge is 0.481 e. The lowest BCUT2D eigenvalue weighted by Crippen LogP contribution is -2.33. The third kappa shape index (κ3) is 4.68.